The number of allylic oxidation sites excluding steroid dienone is 1. The van der Waals surface area contributed by atoms with Crippen molar-refractivity contribution in [1.29, 1.82) is 0 Å². The fourth-order valence-electron chi connectivity index (χ4n) is 4.40. The summed E-state index contributed by atoms with van der Waals surface area (Å²) in [5.74, 6) is -0.705. The molecule has 33 heavy (non-hydrogen) atoms. The van der Waals surface area contributed by atoms with Crippen molar-refractivity contribution < 1.29 is 14.3 Å². The number of fused-ring (bicyclic) bond motifs is 2. The first-order valence-corrected chi connectivity index (χ1v) is 12.3. The number of esters is 1. The summed E-state index contributed by atoms with van der Waals surface area (Å²) in [6, 6.07) is 10.6. The van der Waals surface area contributed by atoms with Gasteiger partial charge in [0.2, 0.25) is 0 Å². The van der Waals surface area contributed by atoms with Crippen molar-refractivity contribution in [1.82, 2.24) is 4.57 Å². The molecule has 9 heteroatoms. The third kappa shape index (κ3) is 3.22. The highest BCUT2D eigenvalue weighted by molar-refractivity contribution is 7.10. The van der Waals surface area contributed by atoms with Crippen LogP contribution in [0.1, 0.15) is 36.8 Å². The van der Waals surface area contributed by atoms with Gasteiger partial charge >= 0.3 is 5.97 Å². The minimum atomic E-state index is -0.651. The highest BCUT2D eigenvalue weighted by Crippen LogP contribution is 2.36. The van der Waals surface area contributed by atoms with Gasteiger partial charge in [0.15, 0.2) is 4.80 Å². The zero-order valence-corrected chi connectivity index (χ0v) is 20.0. The Morgan fingerprint density at radius 2 is 1.97 bits per heavy atom. The van der Waals surface area contributed by atoms with Crippen molar-refractivity contribution in [3.8, 4) is 0 Å². The van der Waals surface area contributed by atoms with E-state index in [1.54, 1.807) is 11.8 Å². The zero-order chi connectivity index (χ0) is 23.3. The Labute approximate surface area is 197 Å². The van der Waals surface area contributed by atoms with Crippen LogP contribution in [-0.2, 0) is 14.3 Å². The summed E-state index contributed by atoms with van der Waals surface area (Å²) in [5, 5.41) is 1.90. The maximum Gasteiger partial charge on any atom is 0.338 e. The molecular formula is C24H21N3O4S2. The summed E-state index contributed by atoms with van der Waals surface area (Å²) in [6.45, 7) is 4.33. The van der Waals surface area contributed by atoms with Crippen LogP contribution in [-0.4, -0.2) is 30.1 Å². The van der Waals surface area contributed by atoms with Crippen LogP contribution in [0.5, 0.6) is 0 Å². The number of nitrogens with zero attached hydrogens (tertiary/aromatic N) is 3. The molecule has 5 rings (SSSR count). The Morgan fingerprint density at radius 1 is 1.18 bits per heavy atom. The Bertz CT molecular complexity index is 1490. The van der Waals surface area contributed by atoms with Crippen molar-refractivity contribution in [2.45, 2.75) is 26.3 Å². The summed E-state index contributed by atoms with van der Waals surface area (Å²) in [5.41, 5.74) is 2.46. The molecule has 0 saturated heterocycles. The molecule has 1 amide bonds. The lowest BCUT2D eigenvalue weighted by Gasteiger charge is -2.22. The summed E-state index contributed by atoms with van der Waals surface area (Å²) in [4.78, 5) is 47.6. The number of para-hydroxylation sites is 1. The third-order valence-corrected chi connectivity index (χ3v) is 7.79. The van der Waals surface area contributed by atoms with E-state index in [9.17, 15) is 14.4 Å². The van der Waals surface area contributed by atoms with E-state index in [4.69, 9.17) is 4.74 Å². The van der Waals surface area contributed by atoms with E-state index in [0.717, 1.165) is 22.5 Å². The Morgan fingerprint density at radius 3 is 2.67 bits per heavy atom. The minimum Gasteiger partial charge on any atom is -0.466 e. The molecule has 168 valence electrons. The highest BCUT2D eigenvalue weighted by Gasteiger charge is 2.37. The average Bonchev–Trinajstić information content (AvgIpc) is 3.51. The van der Waals surface area contributed by atoms with Crippen LogP contribution >= 0.6 is 22.7 Å². The van der Waals surface area contributed by atoms with Crippen molar-refractivity contribution in [2.24, 2.45) is 4.99 Å². The molecule has 0 spiro atoms. The van der Waals surface area contributed by atoms with Gasteiger partial charge in [-0.3, -0.25) is 14.2 Å². The molecule has 0 saturated carbocycles. The van der Waals surface area contributed by atoms with E-state index in [-0.39, 0.29) is 11.5 Å². The summed E-state index contributed by atoms with van der Waals surface area (Å²) < 4.78 is 6.89. The Balaban J connectivity index is 1.83. The SMILES string of the molecule is CCCN1C(=O)C(=c2sc3n(c2=O)C(c2cccs2)C(C(=O)OC)=C(C)N=3)c2ccccc21. The maximum atomic E-state index is 13.8. The lowest BCUT2D eigenvalue weighted by Crippen LogP contribution is -2.40. The molecule has 0 bridgehead atoms. The van der Waals surface area contributed by atoms with Crippen LogP contribution in [0.2, 0.25) is 0 Å². The second kappa shape index (κ2) is 8.24. The number of methoxy groups -OCH3 is 1. The summed E-state index contributed by atoms with van der Waals surface area (Å²) in [6.07, 6.45) is 0.800. The molecule has 0 radical (unpaired) electrons. The number of ether oxygens (including phenoxy) is 1. The predicted octanol–water partition coefficient (Wildman–Crippen LogP) is 2.60. The molecule has 1 unspecified atom stereocenters. The van der Waals surface area contributed by atoms with Crippen LogP contribution in [0.15, 0.2) is 62.8 Å². The number of thiophene rings is 1. The van der Waals surface area contributed by atoms with E-state index >= 15 is 0 Å². The van der Waals surface area contributed by atoms with Crippen LogP contribution in [0.25, 0.3) is 5.57 Å². The number of carbonyl (C=O) groups excluding carboxylic acids is 2. The highest BCUT2D eigenvalue weighted by atomic mass is 32.1. The monoisotopic (exact) mass is 479 g/mol. The molecule has 2 aromatic heterocycles. The first kappa shape index (κ1) is 21.5. The maximum absolute atomic E-state index is 13.8. The van der Waals surface area contributed by atoms with Gasteiger partial charge in [-0.05, 0) is 30.9 Å². The van der Waals surface area contributed by atoms with Crippen LogP contribution in [0.4, 0.5) is 5.69 Å². The largest absolute Gasteiger partial charge is 0.466 e. The smallest absolute Gasteiger partial charge is 0.338 e. The molecule has 2 aliphatic heterocycles. The number of amides is 1. The van der Waals surface area contributed by atoms with Crippen molar-refractivity contribution in [3.63, 3.8) is 0 Å². The van der Waals surface area contributed by atoms with Gasteiger partial charge in [0, 0.05) is 17.0 Å². The van der Waals surface area contributed by atoms with Gasteiger partial charge < -0.3 is 9.64 Å². The standard InChI is InChI=1S/C24H21N3O4S2/c1-4-11-26-15-9-6-5-8-14(15)18(21(26)28)20-22(29)27-19(16-10-7-12-32-16)17(23(30)31-3)13(2)25-24(27)33-20/h5-10,12,19H,4,11H2,1-3H3. The molecule has 0 N–H and O–H groups in total. The van der Waals surface area contributed by atoms with Crippen LogP contribution < -0.4 is 19.8 Å². The van der Waals surface area contributed by atoms with Gasteiger partial charge in [-0.15, -0.1) is 11.3 Å². The molecule has 0 fully saturated rings. The van der Waals surface area contributed by atoms with Gasteiger partial charge in [-0.2, -0.15) is 0 Å². The molecule has 2 aliphatic rings. The van der Waals surface area contributed by atoms with Gasteiger partial charge in [0.05, 0.1) is 29.6 Å². The van der Waals surface area contributed by atoms with Gasteiger partial charge in [-0.25, -0.2) is 9.79 Å². The first-order valence-electron chi connectivity index (χ1n) is 10.6. The topological polar surface area (TPSA) is 81.0 Å². The lowest BCUT2D eigenvalue weighted by atomic mass is 10.0. The molecular weight excluding hydrogens is 458 g/mol. The molecule has 4 heterocycles. The molecule has 0 aliphatic carbocycles. The number of carbonyl (C=O) groups is 2. The number of aromatic nitrogens is 1. The number of anilines is 1. The number of thiazole rings is 1. The van der Waals surface area contributed by atoms with Crippen LogP contribution in [0.3, 0.4) is 0 Å². The number of hydrogen-bond acceptors (Lipinski definition) is 7. The lowest BCUT2D eigenvalue weighted by molar-refractivity contribution is -0.136. The molecule has 1 aromatic carbocycles. The van der Waals surface area contributed by atoms with E-state index in [1.807, 2.05) is 48.7 Å². The second-order valence-electron chi connectivity index (χ2n) is 7.76. The Kier molecular flexibility index (Phi) is 5.38. The minimum absolute atomic E-state index is 0.181. The summed E-state index contributed by atoms with van der Waals surface area (Å²) in [7, 11) is 1.32. The van der Waals surface area contributed by atoms with Crippen molar-refractivity contribution in [3.05, 3.63) is 83.2 Å². The van der Waals surface area contributed by atoms with E-state index in [2.05, 4.69) is 4.99 Å². The molecule has 1 atom stereocenters. The predicted molar refractivity (Wildman–Crippen MR) is 128 cm³/mol. The van der Waals surface area contributed by atoms with E-state index in [1.165, 1.54) is 34.4 Å². The molecule has 3 aromatic rings. The quantitative estimate of drug-likeness (QED) is 0.539. The Hall–Kier alpha value is -3.30. The average molecular weight is 480 g/mol. The van der Waals surface area contributed by atoms with E-state index < -0.39 is 12.0 Å². The normalized spacial score (nSPS) is 18.8. The fourth-order valence-corrected chi connectivity index (χ4v) is 6.36. The van der Waals surface area contributed by atoms with Gasteiger partial charge in [-0.1, -0.05) is 42.5 Å². The van der Waals surface area contributed by atoms with Crippen molar-refractivity contribution >= 4 is 45.8 Å². The second-order valence-corrected chi connectivity index (χ2v) is 9.72. The van der Waals surface area contributed by atoms with Crippen LogP contribution in [0, 0.1) is 0 Å². The number of hydrogen-bond donors (Lipinski definition) is 0. The third-order valence-electron chi connectivity index (χ3n) is 5.81. The van der Waals surface area contributed by atoms with Crippen molar-refractivity contribution in [2.75, 3.05) is 18.6 Å². The number of benzene rings is 1. The number of rotatable bonds is 4. The zero-order valence-electron chi connectivity index (χ0n) is 18.3. The first-order chi connectivity index (χ1) is 16.0. The molecule has 7 nitrogen and oxygen atoms in total. The van der Waals surface area contributed by atoms with E-state index in [0.29, 0.717) is 32.7 Å². The summed E-state index contributed by atoms with van der Waals surface area (Å²) >= 11 is 2.64. The van der Waals surface area contributed by atoms with Gasteiger partial charge in [0.25, 0.3) is 11.5 Å². The fraction of sp³-hybridized carbons (Fsp3) is 0.250. The van der Waals surface area contributed by atoms with Gasteiger partial charge in [0.1, 0.15) is 10.6 Å².